The van der Waals surface area contributed by atoms with Gasteiger partial charge in [-0.1, -0.05) is 30.3 Å². The predicted molar refractivity (Wildman–Crippen MR) is 118 cm³/mol. The maximum Gasteiger partial charge on any atom is 0.241 e. The molecular weight excluding hydrogens is 378 g/mol. The minimum absolute atomic E-state index is 0.0218. The van der Waals surface area contributed by atoms with E-state index < -0.39 is 0 Å². The van der Waals surface area contributed by atoms with Crippen LogP contribution in [0.3, 0.4) is 0 Å². The molecule has 1 unspecified atom stereocenters. The molecule has 0 radical (unpaired) electrons. The van der Waals surface area contributed by atoms with Crippen LogP contribution in [0.1, 0.15) is 25.3 Å². The molecule has 1 N–H and O–H groups in total. The summed E-state index contributed by atoms with van der Waals surface area (Å²) in [7, 11) is 2.20. The molecule has 6 heteroatoms. The number of carbonyl (C=O) groups is 1. The normalized spacial score (nSPS) is 17.8. The van der Waals surface area contributed by atoms with Crippen LogP contribution >= 0.6 is 0 Å². The Bertz CT molecular complexity index is 850. The van der Waals surface area contributed by atoms with E-state index in [1.807, 2.05) is 25.1 Å². The molecule has 2 aromatic rings. The molecule has 0 saturated carbocycles. The summed E-state index contributed by atoms with van der Waals surface area (Å²) in [5.74, 6) is 2.11. The van der Waals surface area contributed by atoms with Crippen LogP contribution in [-0.4, -0.2) is 55.2 Å². The van der Waals surface area contributed by atoms with Gasteiger partial charge in [-0.05, 0) is 63.5 Å². The standard InChI is InChI=1S/C24H31N3O3/c1-18(24(28)25-21-8-9-22-23(14-21)30-17-29-22)27-12-10-20(11-13-27)16-26(2)15-19-6-4-3-5-7-19/h3-9,14,18,20H,10-13,15-17H2,1-2H3,(H,25,28). The first-order valence-corrected chi connectivity index (χ1v) is 10.8. The number of anilines is 1. The summed E-state index contributed by atoms with van der Waals surface area (Å²) in [4.78, 5) is 17.4. The van der Waals surface area contributed by atoms with Gasteiger partial charge < -0.3 is 19.7 Å². The quantitative estimate of drug-likeness (QED) is 0.758. The zero-order chi connectivity index (χ0) is 20.9. The molecule has 1 fully saturated rings. The van der Waals surface area contributed by atoms with Crippen LogP contribution in [0.5, 0.6) is 11.5 Å². The maximum atomic E-state index is 12.7. The third kappa shape index (κ3) is 5.12. The van der Waals surface area contributed by atoms with Crippen molar-refractivity contribution in [3.8, 4) is 11.5 Å². The predicted octanol–water partition coefficient (Wildman–Crippen LogP) is 3.59. The van der Waals surface area contributed by atoms with E-state index in [-0.39, 0.29) is 18.7 Å². The highest BCUT2D eigenvalue weighted by atomic mass is 16.7. The van der Waals surface area contributed by atoms with Gasteiger partial charge in [0.15, 0.2) is 11.5 Å². The van der Waals surface area contributed by atoms with Gasteiger partial charge in [-0.3, -0.25) is 9.69 Å². The molecule has 4 rings (SSSR count). The summed E-state index contributed by atoms with van der Waals surface area (Å²) < 4.78 is 10.7. The molecule has 2 aromatic carbocycles. The molecule has 1 amide bonds. The van der Waals surface area contributed by atoms with Crippen molar-refractivity contribution in [1.29, 1.82) is 0 Å². The largest absolute Gasteiger partial charge is 0.454 e. The van der Waals surface area contributed by atoms with Gasteiger partial charge in [0.05, 0.1) is 6.04 Å². The minimum Gasteiger partial charge on any atom is -0.454 e. The van der Waals surface area contributed by atoms with Crippen LogP contribution in [-0.2, 0) is 11.3 Å². The van der Waals surface area contributed by atoms with Crippen molar-refractivity contribution < 1.29 is 14.3 Å². The lowest BCUT2D eigenvalue weighted by Crippen LogP contribution is -2.47. The number of piperidine rings is 1. The summed E-state index contributed by atoms with van der Waals surface area (Å²) in [6.45, 7) is 6.22. The van der Waals surface area contributed by atoms with Crippen LogP contribution in [0.2, 0.25) is 0 Å². The first-order valence-electron chi connectivity index (χ1n) is 10.8. The monoisotopic (exact) mass is 409 g/mol. The Labute approximate surface area is 178 Å². The van der Waals surface area contributed by atoms with Crippen LogP contribution in [0.4, 0.5) is 5.69 Å². The molecule has 2 heterocycles. The number of rotatable bonds is 7. The highest BCUT2D eigenvalue weighted by Gasteiger charge is 2.27. The van der Waals surface area contributed by atoms with Gasteiger partial charge in [0.25, 0.3) is 0 Å². The van der Waals surface area contributed by atoms with Gasteiger partial charge in [-0.2, -0.15) is 0 Å². The number of nitrogens with one attached hydrogen (secondary N) is 1. The van der Waals surface area contributed by atoms with Gasteiger partial charge in [0, 0.05) is 24.8 Å². The number of hydrogen-bond donors (Lipinski definition) is 1. The number of amides is 1. The van der Waals surface area contributed by atoms with E-state index in [1.54, 1.807) is 0 Å². The van der Waals surface area contributed by atoms with Crippen LogP contribution in [0, 0.1) is 5.92 Å². The topological polar surface area (TPSA) is 54.0 Å². The summed E-state index contributed by atoms with van der Waals surface area (Å²) >= 11 is 0. The lowest BCUT2D eigenvalue weighted by molar-refractivity contribution is -0.121. The zero-order valence-electron chi connectivity index (χ0n) is 17.8. The Hall–Kier alpha value is -2.57. The van der Waals surface area contributed by atoms with E-state index in [9.17, 15) is 4.79 Å². The fraction of sp³-hybridized carbons (Fsp3) is 0.458. The van der Waals surface area contributed by atoms with E-state index >= 15 is 0 Å². The third-order valence-electron chi connectivity index (χ3n) is 6.08. The zero-order valence-corrected chi connectivity index (χ0v) is 17.8. The van der Waals surface area contributed by atoms with E-state index in [2.05, 4.69) is 52.5 Å². The average molecular weight is 410 g/mol. The summed E-state index contributed by atoms with van der Waals surface area (Å²) in [6, 6.07) is 16.0. The number of fused-ring (bicyclic) bond motifs is 1. The Morgan fingerprint density at radius 1 is 1.13 bits per heavy atom. The van der Waals surface area contributed by atoms with E-state index in [1.165, 1.54) is 5.56 Å². The third-order valence-corrected chi connectivity index (χ3v) is 6.08. The molecule has 160 valence electrons. The minimum atomic E-state index is -0.154. The molecule has 1 atom stereocenters. The molecule has 6 nitrogen and oxygen atoms in total. The van der Waals surface area contributed by atoms with E-state index in [4.69, 9.17) is 9.47 Å². The fourth-order valence-corrected chi connectivity index (χ4v) is 4.31. The highest BCUT2D eigenvalue weighted by Crippen LogP contribution is 2.34. The fourth-order valence-electron chi connectivity index (χ4n) is 4.31. The number of carbonyl (C=O) groups excluding carboxylic acids is 1. The van der Waals surface area contributed by atoms with Gasteiger partial charge in [0.1, 0.15) is 0 Å². The first kappa shape index (κ1) is 20.7. The van der Waals surface area contributed by atoms with Crippen molar-refractivity contribution in [2.75, 3.05) is 38.8 Å². The first-order chi connectivity index (χ1) is 14.6. The van der Waals surface area contributed by atoms with Crippen LogP contribution in [0.15, 0.2) is 48.5 Å². The number of benzene rings is 2. The Morgan fingerprint density at radius 3 is 2.63 bits per heavy atom. The van der Waals surface area contributed by atoms with Crippen molar-refractivity contribution in [2.24, 2.45) is 5.92 Å². The second kappa shape index (κ2) is 9.49. The van der Waals surface area contributed by atoms with Crippen molar-refractivity contribution in [3.63, 3.8) is 0 Å². The Balaban J connectivity index is 1.22. The molecule has 0 aliphatic carbocycles. The van der Waals surface area contributed by atoms with E-state index in [0.717, 1.165) is 50.5 Å². The van der Waals surface area contributed by atoms with Gasteiger partial charge in [0.2, 0.25) is 12.7 Å². The summed E-state index contributed by atoms with van der Waals surface area (Å²) in [5.41, 5.74) is 2.10. The SMILES string of the molecule is CC(C(=O)Nc1ccc2c(c1)OCO2)N1CCC(CN(C)Cc2ccccc2)CC1. The van der Waals surface area contributed by atoms with Gasteiger partial charge in [-0.15, -0.1) is 0 Å². The summed E-state index contributed by atoms with van der Waals surface area (Å²) in [6.07, 6.45) is 2.25. The van der Waals surface area contributed by atoms with Gasteiger partial charge in [-0.25, -0.2) is 0 Å². The number of ether oxygens (including phenoxy) is 2. The average Bonchev–Trinajstić information content (AvgIpc) is 3.22. The number of likely N-dealkylation sites (tertiary alicyclic amines) is 1. The van der Waals surface area contributed by atoms with Crippen molar-refractivity contribution in [3.05, 3.63) is 54.1 Å². The lowest BCUT2D eigenvalue weighted by atomic mass is 9.95. The van der Waals surface area contributed by atoms with E-state index in [0.29, 0.717) is 11.7 Å². The maximum absolute atomic E-state index is 12.7. The smallest absolute Gasteiger partial charge is 0.241 e. The van der Waals surface area contributed by atoms with Crippen molar-refractivity contribution >= 4 is 11.6 Å². The lowest BCUT2D eigenvalue weighted by Gasteiger charge is -2.36. The van der Waals surface area contributed by atoms with Crippen molar-refractivity contribution in [1.82, 2.24) is 9.80 Å². The number of nitrogens with zero attached hydrogens (tertiary/aromatic N) is 2. The second-order valence-electron chi connectivity index (χ2n) is 8.39. The summed E-state index contributed by atoms with van der Waals surface area (Å²) in [5, 5.41) is 3.02. The molecule has 0 spiro atoms. The molecule has 1 saturated heterocycles. The molecule has 2 aliphatic heterocycles. The molecule has 2 aliphatic rings. The Kier molecular flexibility index (Phi) is 6.55. The molecule has 30 heavy (non-hydrogen) atoms. The molecule has 0 bridgehead atoms. The Morgan fingerprint density at radius 2 is 1.87 bits per heavy atom. The van der Waals surface area contributed by atoms with Gasteiger partial charge >= 0.3 is 0 Å². The van der Waals surface area contributed by atoms with Crippen LogP contribution < -0.4 is 14.8 Å². The molecular formula is C24H31N3O3. The van der Waals surface area contributed by atoms with Crippen LogP contribution in [0.25, 0.3) is 0 Å². The molecule has 0 aromatic heterocycles. The second-order valence-corrected chi connectivity index (χ2v) is 8.39. The highest BCUT2D eigenvalue weighted by molar-refractivity contribution is 5.94. The van der Waals surface area contributed by atoms with Crippen molar-refractivity contribution in [2.45, 2.75) is 32.4 Å². The number of hydrogen-bond acceptors (Lipinski definition) is 5.